The van der Waals surface area contributed by atoms with Crippen molar-refractivity contribution in [3.63, 3.8) is 0 Å². The molecule has 0 bridgehead atoms. The van der Waals surface area contributed by atoms with Gasteiger partial charge in [-0.15, -0.1) is 11.3 Å². The minimum Gasteiger partial charge on any atom is -0.375 e. The number of carbonyl (C=O) groups excluding carboxylic acids is 1. The molecule has 2 N–H and O–H groups in total. The Hall–Kier alpha value is -1.10. The zero-order valence-corrected chi connectivity index (χ0v) is 11.2. The maximum absolute atomic E-state index is 12.1. The Morgan fingerprint density at radius 1 is 1.65 bits per heavy atom. The number of rotatable bonds is 2. The monoisotopic (exact) mass is 253 g/mol. The molecule has 2 heterocycles. The number of nitrogens with zero attached hydrogens (tertiary/aromatic N) is 2. The van der Waals surface area contributed by atoms with Gasteiger partial charge < -0.3 is 10.6 Å². The lowest BCUT2D eigenvalue weighted by atomic mass is 9.93. The van der Waals surface area contributed by atoms with E-state index in [1.807, 2.05) is 10.3 Å². The van der Waals surface area contributed by atoms with Crippen molar-refractivity contribution in [1.82, 2.24) is 9.88 Å². The number of thiazole rings is 1. The van der Waals surface area contributed by atoms with Crippen molar-refractivity contribution in [2.24, 2.45) is 5.92 Å². The molecule has 2 unspecified atom stereocenters. The highest BCUT2D eigenvalue weighted by molar-refractivity contribution is 7.13. The molecule has 1 fully saturated rings. The molecule has 1 aromatic rings. The molecule has 2 rings (SSSR count). The molecule has 1 aromatic heterocycles. The van der Waals surface area contributed by atoms with E-state index in [9.17, 15) is 4.79 Å². The summed E-state index contributed by atoms with van der Waals surface area (Å²) in [5, 5.41) is 2.40. The fraction of sp³-hybridized carbons (Fsp3) is 0.667. The lowest BCUT2D eigenvalue weighted by molar-refractivity contribution is -0.134. The third-order valence-corrected chi connectivity index (χ3v) is 4.08. The van der Waals surface area contributed by atoms with Crippen molar-refractivity contribution in [3.8, 4) is 0 Å². The van der Waals surface area contributed by atoms with Gasteiger partial charge in [0.2, 0.25) is 5.91 Å². The summed E-state index contributed by atoms with van der Waals surface area (Å²) >= 11 is 1.39. The lowest BCUT2D eigenvalue weighted by Crippen LogP contribution is -2.44. The fourth-order valence-corrected chi connectivity index (χ4v) is 3.00. The van der Waals surface area contributed by atoms with E-state index in [1.165, 1.54) is 11.3 Å². The third-order valence-electron chi connectivity index (χ3n) is 3.36. The maximum atomic E-state index is 12.1. The van der Waals surface area contributed by atoms with Crippen LogP contribution in [0.25, 0.3) is 0 Å². The third kappa shape index (κ3) is 2.97. The Morgan fingerprint density at radius 3 is 3.00 bits per heavy atom. The van der Waals surface area contributed by atoms with Gasteiger partial charge in [-0.2, -0.15) is 0 Å². The fourth-order valence-electron chi connectivity index (χ4n) is 2.44. The van der Waals surface area contributed by atoms with Crippen LogP contribution in [0.2, 0.25) is 0 Å². The van der Waals surface area contributed by atoms with E-state index in [1.54, 1.807) is 0 Å². The van der Waals surface area contributed by atoms with Crippen LogP contribution < -0.4 is 5.73 Å². The van der Waals surface area contributed by atoms with Gasteiger partial charge in [-0.05, 0) is 25.7 Å². The SMILES string of the molecule is CC1CCN(C(=O)Cc2csc(N)n2)C(C)C1. The number of nitrogen functional groups attached to an aromatic ring is 1. The molecule has 1 saturated heterocycles. The number of amides is 1. The second-order valence-corrected chi connectivity index (χ2v) is 5.81. The number of anilines is 1. The van der Waals surface area contributed by atoms with Crippen LogP contribution in [0, 0.1) is 5.92 Å². The number of likely N-dealkylation sites (tertiary alicyclic amines) is 1. The largest absolute Gasteiger partial charge is 0.375 e. The van der Waals surface area contributed by atoms with Crippen LogP contribution in [0.5, 0.6) is 0 Å². The summed E-state index contributed by atoms with van der Waals surface area (Å²) in [6, 6.07) is 0.349. The minimum atomic E-state index is 0.176. The van der Waals surface area contributed by atoms with Crippen LogP contribution in [0.1, 0.15) is 32.4 Å². The van der Waals surface area contributed by atoms with Crippen LogP contribution in [-0.2, 0) is 11.2 Å². The average molecular weight is 253 g/mol. The van der Waals surface area contributed by atoms with Gasteiger partial charge in [-0.25, -0.2) is 4.98 Å². The summed E-state index contributed by atoms with van der Waals surface area (Å²) in [4.78, 5) is 18.3. The maximum Gasteiger partial charge on any atom is 0.228 e. The first-order chi connectivity index (χ1) is 8.06. The molecule has 1 aliphatic heterocycles. The first kappa shape index (κ1) is 12.4. The quantitative estimate of drug-likeness (QED) is 0.876. The van der Waals surface area contributed by atoms with Crippen molar-refractivity contribution < 1.29 is 4.79 Å². The molecular weight excluding hydrogens is 234 g/mol. The Kier molecular flexibility index (Phi) is 3.66. The van der Waals surface area contributed by atoms with E-state index in [0.29, 0.717) is 17.6 Å². The van der Waals surface area contributed by atoms with Crippen molar-refractivity contribution >= 4 is 22.4 Å². The standard InChI is InChI=1S/C12H19N3OS/c1-8-3-4-15(9(2)5-8)11(16)6-10-7-17-12(13)14-10/h7-9H,3-6H2,1-2H3,(H2,13,14). The lowest BCUT2D eigenvalue weighted by Gasteiger charge is -2.36. The summed E-state index contributed by atoms with van der Waals surface area (Å²) in [6.45, 7) is 5.25. The van der Waals surface area contributed by atoms with E-state index < -0.39 is 0 Å². The summed E-state index contributed by atoms with van der Waals surface area (Å²) in [5.74, 6) is 0.902. The molecule has 5 heteroatoms. The van der Waals surface area contributed by atoms with E-state index in [2.05, 4.69) is 18.8 Å². The topological polar surface area (TPSA) is 59.2 Å². The number of hydrogen-bond acceptors (Lipinski definition) is 4. The van der Waals surface area contributed by atoms with E-state index in [4.69, 9.17) is 5.73 Å². The van der Waals surface area contributed by atoms with Gasteiger partial charge >= 0.3 is 0 Å². The number of piperidine rings is 1. The van der Waals surface area contributed by atoms with E-state index in [0.717, 1.165) is 31.0 Å². The second kappa shape index (κ2) is 5.04. The summed E-state index contributed by atoms with van der Waals surface area (Å²) in [5.41, 5.74) is 6.36. The van der Waals surface area contributed by atoms with Crippen LogP contribution in [0.15, 0.2) is 5.38 Å². The molecule has 94 valence electrons. The summed E-state index contributed by atoms with van der Waals surface area (Å²) < 4.78 is 0. The zero-order valence-electron chi connectivity index (χ0n) is 10.3. The Morgan fingerprint density at radius 2 is 2.41 bits per heavy atom. The van der Waals surface area contributed by atoms with Crippen molar-refractivity contribution in [2.75, 3.05) is 12.3 Å². The highest BCUT2D eigenvalue weighted by Crippen LogP contribution is 2.23. The normalized spacial score (nSPS) is 24.9. The molecule has 1 aliphatic rings. The Labute approximate surface area is 106 Å². The van der Waals surface area contributed by atoms with Gasteiger partial charge in [0.15, 0.2) is 5.13 Å². The highest BCUT2D eigenvalue weighted by Gasteiger charge is 2.26. The van der Waals surface area contributed by atoms with Crippen molar-refractivity contribution in [2.45, 2.75) is 39.2 Å². The molecule has 0 radical (unpaired) electrons. The Bertz CT molecular complexity index is 404. The molecule has 0 aliphatic carbocycles. The zero-order chi connectivity index (χ0) is 12.4. The summed E-state index contributed by atoms with van der Waals surface area (Å²) in [7, 11) is 0. The molecular formula is C12H19N3OS. The van der Waals surface area contributed by atoms with Crippen LogP contribution in [0.3, 0.4) is 0 Å². The van der Waals surface area contributed by atoms with Gasteiger partial charge in [0.25, 0.3) is 0 Å². The van der Waals surface area contributed by atoms with E-state index in [-0.39, 0.29) is 5.91 Å². The number of carbonyl (C=O) groups is 1. The first-order valence-corrected chi connectivity index (χ1v) is 6.93. The number of hydrogen-bond donors (Lipinski definition) is 1. The summed E-state index contributed by atoms with van der Waals surface area (Å²) in [6.07, 6.45) is 2.59. The van der Waals surface area contributed by atoms with Gasteiger partial charge in [-0.3, -0.25) is 4.79 Å². The molecule has 0 spiro atoms. The van der Waals surface area contributed by atoms with Gasteiger partial charge in [0.1, 0.15) is 0 Å². The van der Waals surface area contributed by atoms with Crippen molar-refractivity contribution in [1.29, 1.82) is 0 Å². The predicted molar refractivity (Wildman–Crippen MR) is 69.8 cm³/mol. The number of nitrogens with two attached hydrogens (primary N) is 1. The van der Waals surface area contributed by atoms with Crippen LogP contribution >= 0.6 is 11.3 Å². The Balaban J connectivity index is 1.96. The molecule has 0 saturated carbocycles. The smallest absolute Gasteiger partial charge is 0.228 e. The molecule has 4 nitrogen and oxygen atoms in total. The average Bonchev–Trinajstić information content (AvgIpc) is 2.63. The van der Waals surface area contributed by atoms with Gasteiger partial charge in [0, 0.05) is 18.0 Å². The second-order valence-electron chi connectivity index (χ2n) is 4.92. The van der Waals surface area contributed by atoms with Crippen LogP contribution in [-0.4, -0.2) is 28.4 Å². The molecule has 17 heavy (non-hydrogen) atoms. The molecule has 2 atom stereocenters. The van der Waals surface area contributed by atoms with Gasteiger partial charge in [-0.1, -0.05) is 6.92 Å². The minimum absolute atomic E-state index is 0.176. The first-order valence-electron chi connectivity index (χ1n) is 6.05. The molecule has 0 aromatic carbocycles. The predicted octanol–water partition coefficient (Wildman–Crippen LogP) is 1.91. The highest BCUT2D eigenvalue weighted by atomic mass is 32.1. The van der Waals surface area contributed by atoms with Gasteiger partial charge in [0.05, 0.1) is 12.1 Å². The van der Waals surface area contributed by atoms with Crippen molar-refractivity contribution in [3.05, 3.63) is 11.1 Å². The van der Waals surface area contributed by atoms with Crippen LogP contribution in [0.4, 0.5) is 5.13 Å². The number of aromatic nitrogens is 1. The molecule has 1 amide bonds. The van der Waals surface area contributed by atoms with E-state index >= 15 is 0 Å².